The molecule has 0 radical (unpaired) electrons. The first-order valence-electron chi connectivity index (χ1n) is 14.2. The summed E-state index contributed by atoms with van der Waals surface area (Å²) in [6.45, 7) is 9.68. The molecule has 0 bridgehead atoms. The highest BCUT2D eigenvalue weighted by atomic mass is 32.2. The Hall–Kier alpha value is -3.42. The van der Waals surface area contributed by atoms with Crippen LogP contribution in [0.3, 0.4) is 0 Å². The highest BCUT2D eigenvalue weighted by Crippen LogP contribution is 2.55. The maximum atomic E-state index is 14.1. The first-order valence-corrected chi connectivity index (χ1v) is 15.6. The van der Waals surface area contributed by atoms with Crippen LogP contribution in [-0.2, 0) is 16.5 Å². The minimum atomic E-state index is -7.39. The molecule has 0 amide bonds. The SMILES string of the molecule is CC.CC(C)(C)Oc1ccc2c(c1)CCC(c1ccccc1)C2c1ccc(OS(=O)(=O)C(F)(F)C(F)(F)C(F)(F)C(F)(F)F)cc1. The minimum absolute atomic E-state index is 0.110. The van der Waals surface area contributed by atoms with Crippen molar-refractivity contribution in [3.63, 3.8) is 0 Å². The van der Waals surface area contributed by atoms with Gasteiger partial charge in [0.1, 0.15) is 17.1 Å². The highest BCUT2D eigenvalue weighted by Gasteiger charge is 2.86. The third kappa shape index (κ3) is 7.11. The van der Waals surface area contributed by atoms with Crippen molar-refractivity contribution in [3.8, 4) is 11.5 Å². The molecule has 2 unspecified atom stereocenters. The second-order valence-electron chi connectivity index (χ2n) is 11.4. The van der Waals surface area contributed by atoms with E-state index in [9.17, 15) is 47.9 Å². The summed E-state index contributed by atoms with van der Waals surface area (Å²) < 4.78 is 154. The average molecular weight is 685 g/mol. The fraction of sp³-hybridized carbons (Fsp3) is 0.438. The molecule has 3 aromatic rings. The van der Waals surface area contributed by atoms with Gasteiger partial charge < -0.3 is 8.92 Å². The molecule has 0 aromatic heterocycles. The van der Waals surface area contributed by atoms with Gasteiger partial charge in [0.2, 0.25) is 0 Å². The third-order valence-corrected chi connectivity index (χ3v) is 8.40. The fourth-order valence-electron chi connectivity index (χ4n) is 5.11. The number of alkyl halides is 9. The van der Waals surface area contributed by atoms with Crippen LogP contribution in [-0.4, -0.2) is 37.3 Å². The number of hydrogen-bond donors (Lipinski definition) is 0. The Morgan fingerprint density at radius 2 is 1.24 bits per heavy atom. The van der Waals surface area contributed by atoms with Gasteiger partial charge in [-0.1, -0.05) is 62.4 Å². The molecule has 0 aliphatic heterocycles. The lowest BCUT2D eigenvalue weighted by Gasteiger charge is -2.35. The summed E-state index contributed by atoms with van der Waals surface area (Å²) in [4.78, 5) is 0. The van der Waals surface area contributed by atoms with Crippen molar-refractivity contribution in [2.24, 2.45) is 0 Å². The van der Waals surface area contributed by atoms with Crippen molar-refractivity contribution in [2.45, 2.75) is 88.2 Å². The van der Waals surface area contributed by atoms with Gasteiger partial charge in [-0.05, 0) is 86.1 Å². The number of fused-ring (bicyclic) bond motifs is 1. The van der Waals surface area contributed by atoms with Crippen LogP contribution in [0.2, 0.25) is 0 Å². The zero-order valence-corrected chi connectivity index (χ0v) is 26.3. The van der Waals surface area contributed by atoms with Gasteiger partial charge in [0.15, 0.2) is 0 Å². The standard InChI is InChI=1S/C30H27F9O4S.C2H6/c1-26(2,3)42-22-14-16-24-20(17-22)11-15-23(18-7-5-4-6-8-18)25(24)19-9-12-21(13-10-19)43-44(40,41)30(38,39)28(33,34)27(31,32)29(35,36)37;1-2/h4-10,12-14,16-17,23,25H,11,15H2,1-3H3;1-2H3. The van der Waals surface area contributed by atoms with Crippen LogP contribution in [0.5, 0.6) is 11.5 Å². The Kier molecular flexibility index (Phi) is 10.5. The Labute approximate surface area is 261 Å². The van der Waals surface area contributed by atoms with Crippen molar-refractivity contribution in [1.82, 2.24) is 0 Å². The number of rotatable bonds is 8. The Morgan fingerprint density at radius 3 is 1.76 bits per heavy atom. The predicted molar refractivity (Wildman–Crippen MR) is 154 cm³/mol. The molecule has 4 nitrogen and oxygen atoms in total. The van der Waals surface area contributed by atoms with Crippen LogP contribution >= 0.6 is 0 Å². The Morgan fingerprint density at radius 1 is 0.696 bits per heavy atom. The zero-order chi connectivity index (χ0) is 34.9. The quantitative estimate of drug-likeness (QED) is 0.175. The van der Waals surface area contributed by atoms with E-state index in [0.717, 1.165) is 28.8 Å². The van der Waals surface area contributed by atoms with Crippen LogP contribution in [0, 0.1) is 0 Å². The van der Waals surface area contributed by atoms with Gasteiger partial charge >= 0.3 is 33.4 Å². The molecular weight excluding hydrogens is 651 g/mol. The van der Waals surface area contributed by atoms with Crippen LogP contribution in [0.1, 0.15) is 75.1 Å². The largest absolute Gasteiger partial charge is 0.488 e. The summed E-state index contributed by atoms with van der Waals surface area (Å²) in [5, 5.41) is -6.95. The summed E-state index contributed by atoms with van der Waals surface area (Å²) in [5.74, 6) is -15.6. The zero-order valence-electron chi connectivity index (χ0n) is 25.4. The molecule has 46 heavy (non-hydrogen) atoms. The lowest BCUT2D eigenvalue weighted by atomic mass is 9.69. The van der Waals surface area contributed by atoms with Gasteiger partial charge in [-0.15, -0.1) is 0 Å². The van der Waals surface area contributed by atoms with Crippen molar-refractivity contribution in [3.05, 3.63) is 95.1 Å². The number of halogens is 9. The lowest BCUT2D eigenvalue weighted by molar-refractivity contribution is -0.382. The monoisotopic (exact) mass is 684 g/mol. The molecule has 0 saturated carbocycles. The summed E-state index contributed by atoms with van der Waals surface area (Å²) in [7, 11) is -7.05. The van der Waals surface area contributed by atoms with E-state index in [1.165, 1.54) is 12.1 Å². The summed E-state index contributed by atoms with van der Waals surface area (Å²) in [6, 6.07) is 19.1. The second-order valence-corrected chi connectivity index (χ2v) is 13.0. The van der Waals surface area contributed by atoms with Crippen LogP contribution in [0.4, 0.5) is 39.5 Å². The Bertz CT molecular complexity index is 1580. The Balaban J connectivity index is 0.00000282. The van der Waals surface area contributed by atoms with Crippen molar-refractivity contribution < 1.29 is 56.9 Å². The molecular formula is C32H33F9O4S. The van der Waals surface area contributed by atoms with Gasteiger partial charge in [-0.3, -0.25) is 0 Å². The van der Waals surface area contributed by atoms with E-state index >= 15 is 0 Å². The molecule has 0 saturated heterocycles. The van der Waals surface area contributed by atoms with E-state index in [1.807, 2.05) is 77.1 Å². The van der Waals surface area contributed by atoms with Crippen LogP contribution in [0.25, 0.3) is 0 Å². The topological polar surface area (TPSA) is 52.6 Å². The van der Waals surface area contributed by atoms with E-state index in [2.05, 4.69) is 4.18 Å². The van der Waals surface area contributed by atoms with Gasteiger partial charge in [0.25, 0.3) is 0 Å². The van der Waals surface area contributed by atoms with E-state index in [4.69, 9.17) is 4.74 Å². The van der Waals surface area contributed by atoms with Crippen molar-refractivity contribution >= 4 is 10.1 Å². The summed E-state index contributed by atoms with van der Waals surface area (Å²) in [6.07, 6.45) is -5.83. The van der Waals surface area contributed by atoms with Crippen molar-refractivity contribution in [2.75, 3.05) is 0 Å². The van der Waals surface area contributed by atoms with Crippen molar-refractivity contribution in [1.29, 1.82) is 0 Å². The molecule has 2 atom stereocenters. The predicted octanol–water partition coefficient (Wildman–Crippen LogP) is 9.89. The third-order valence-electron chi connectivity index (χ3n) is 7.10. The molecule has 0 spiro atoms. The molecule has 0 fully saturated rings. The molecule has 254 valence electrons. The fourth-order valence-corrected chi connectivity index (χ4v) is 6.02. The first kappa shape index (κ1) is 37.0. The van der Waals surface area contributed by atoms with Gasteiger partial charge in [-0.2, -0.15) is 47.9 Å². The smallest absolute Gasteiger partial charge is 0.460 e. The maximum absolute atomic E-state index is 14.1. The molecule has 0 N–H and O–H groups in total. The van der Waals surface area contributed by atoms with E-state index in [-0.39, 0.29) is 11.8 Å². The van der Waals surface area contributed by atoms with Crippen LogP contribution < -0.4 is 8.92 Å². The molecule has 0 heterocycles. The number of hydrogen-bond acceptors (Lipinski definition) is 4. The molecule has 1 aliphatic rings. The molecule has 4 rings (SSSR count). The van der Waals surface area contributed by atoms with E-state index < -0.39 is 44.7 Å². The van der Waals surface area contributed by atoms with E-state index in [1.54, 1.807) is 6.07 Å². The molecule has 1 aliphatic carbocycles. The summed E-state index contributed by atoms with van der Waals surface area (Å²) >= 11 is 0. The molecule has 14 heteroatoms. The number of benzene rings is 3. The van der Waals surface area contributed by atoms with E-state index in [0.29, 0.717) is 24.2 Å². The number of aryl methyl sites for hydroxylation is 1. The minimum Gasteiger partial charge on any atom is -0.488 e. The van der Waals surface area contributed by atoms with Gasteiger partial charge in [-0.25, -0.2) is 0 Å². The van der Waals surface area contributed by atoms with Gasteiger partial charge in [0.05, 0.1) is 0 Å². The second kappa shape index (κ2) is 13.0. The summed E-state index contributed by atoms with van der Waals surface area (Å²) in [5.41, 5.74) is 2.88. The van der Waals surface area contributed by atoms with Crippen LogP contribution in [0.15, 0.2) is 72.8 Å². The maximum Gasteiger partial charge on any atom is 0.460 e. The first-order chi connectivity index (χ1) is 21.1. The van der Waals surface area contributed by atoms with Gasteiger partial charge in [0, 0.05) is 5.92 Å². The number of ether oxygens (including phenoxy) is 1. The molecule has 3 aromatic carbocycles. The average Bonchev–Trinajstić information content (AvgIpc) is 2.96. The normalized spacial score (nSPS) is 17.8. The highest BCUT2D eigenvalue weighted by molar-refractivity contribution is 7.88. The lowest BCUT2D eigenvalue weighted by Crippen LogP contribution is -2.63.